The van der Waals surface area contributed by atoms with E-state index in [1.807, 2.05) is 24.3 Å². The van der Waals surface area contributed by atoms with Crippen LogP contribution in [-0.4, -0.2) is 42.3 Å². The van der Waals surface area contributed by atoms with Crippen molar-refractivity contribution in [3.05, 3.63) is 59.7 Å². The zero-order valence-corrected chi connectivity index (χ0v) is 13.9. The summed E-state index contributed by atoms with van der Waals surface area (Å²) in [5.41, 5.74) is 1.46. The van der Waals surface area contributed by atoms with E-state index in [2.05, 4.69) is 10.2 Å². The van der Waals surface area contributed by atoms with Crippen LogP contribution in [0.25, 0.3) is 0 Å². The van der Waals surface area contributed by atoms with Gasteiger partial charge in [0.25, 0.3) is 0 Å². The van der Waals surface area contributed by atoms with Crippen LogP contribution < -0.4 is 10.1 Å². The van der Waals surface area contributed by atoms with Gasteiger partial charge in [0, 0.05) is 37.4 Å². The molecule has 0 radical (unpaired) electrons. The molecule has 1 fully saturated rings. The predicted octanol–water partition coefficient (Wildman–Crippen LogP) is 3.02. The first-order valence-corrected chi connectivity index (χ1v) is 8.40. The van der Waals surface area contributed by atoms with Gasteiger partial charge in [-0.05, 0) is 36.2 Å². The lowest BCUT2D eigenvalue weighted by atomic mass is 10.2. The third-order valence-corrected chi connectivity index (χ3v) is 4.34. The van der Waals surface area contributed by atoms with Gasteiger partial charge in [0.05, 0.1) is 6.61 Å². The highest BCUT2D eigenvalue weighted by Crippen LogP contribution is 2.18. The first-order valence-electron chi connectivity index (χ1n) is 8.40. The lowest BCUT2D eigenvalue weighted by molar-refractivity contribution is 0.236. The van der Waals surface area contributed by atoms with Gasteiger partial charge >= 0.3 is 0 Å². The number of benzene rings is 2. The number of rotatable bonds is 7. The summed E-state index contributed by atoms with van der Waals surface area (Å²) in [6.45, 7) is 3.19. The van der Waals surface area contributed by atoms with Gasteiger partial charge in [-0.2, -0.15) is 0 Å². The Hall–Kier alpha value is -2.18. The number of nitrogens with zero attached hydrogens (tertiary/aromatic N) is 1. The van der Waals surface area contributed by atoms with E-state index >= 15 is 0 Å². The van der Waals surface area contributed by atoms with Gasteiger partial charge in [-0.1, -0.05) is 12.1 Å². The van der Waals surface area contributed by atoms with Crippen molar-refractivity contribution < 1.29 is 18.6 Å². The summed E-state index contributed by atoms with van der Waals surface area (Å²) in [7, 11) is 0. The molecule has 0 saturated carbocycles. The Morgan fingerprint density at radius 3 is 2.64 bits per heavy atom. The molecule has 0 spiro atoms. The van der Waals surface area contributed by atoms with Crippen molar-refractivity contribution in [1.82, 2.24) is 4.90 Å². The van der Waals surface area contributed by atoms with E-state index in [1.54, 1.807) is 6.07 Å². The third kappa shape index (κ3) is 4.90. The van der Waals surface area contributed by atoms with E-state index in [4.69, 9.17) is 9.84 Å². The number of hydrogen-bond acceptors (Lipinski definition) is 4. The maximum atomic E-state index is 13.2. The second kappa shape index (κ2) is 8.27. The average Bonchev–Trinajstić information content (AvgIpc) is 3.06. The van der Waals surface area contributed by atoms with E-state index in [-0.39, 0.29) is 12.6 Å². The maximum absolute atomic E-state index is 13.2. The minimum absolute atomic E-state index is 0.0282. The lowest BCUT2D eigenvalue weighted by Crippen LogP contribution is -2.29. The zero-order valence-electron chi connectivity index (χ0n) is 13.9. The maximum Gasteiger partial charge on any atom is 0.160 e. The van der Waals surface area contributed by atoms with E-state index in [0.717, 1.165) is 43.4 Å². The van der Waals surface area contributed by atoms with Crippen LogP contribution in [0.1, 0.15) is 12.0 Å². The van der Waals surface area contributed by atoms with Crippen LogP contribution in [0.15, 0.2) is 42.5 Å². The van der Waals surface area contributed by atoms with Crippen molar-refractivity contribution in [2.45, 2.75) is 19.1 Å². The average molecular weight is 348 g/mol. The minimum Gasteiger partial charge on any atom is -0.492 e. The molecule has 1 unspecified atom stereocenters. The first-order chi connectivity index (χ1) is 12.1. The topological polar surface area (TPSA) is 44.7 Å². The van der Waals surface area contributed by atoms with Crippen molar-refractivity contribution in [3.8, 4) is 5.75 Å². The Balaban J connectivity index is 1.41. The molecule has 0 bridgehead atoms. The molecule has 1 aliphatic heterocycles. The van der Waals surface area contributed by atoms with Crippen LogP contribution in [0, 0.1) is 11.6 Å². The van der Waals surface area contributed by atoms with Crippen molar-refractivity contribution in [1.29, 1.82) is 0 Å². The molecule has 3 rings (SSSR count). The van der Waals surface area contributed by atoms with Crippen LogP contribution >= 0.6 is 0 Å². The molecular formula is C19H22F2N2O2. The number of aliphatic hydroxyl groups excluding tert-OH is 1. The quantitative estimate of drug-likeness (QED) is 0.807. The number of hydrogen-bond donors (Lipinski definition) is 2. The number of likely N-dealkylation sites (tertiary alicyclic amines) is 1. The molecule has 2 N–H and O–H groups in total. The molecule has 134 valence electrons. The molecule has 1 heterocycles. The molecule has 2 aromatic rings. The minimum atomic E-state index is -0.833. The second-order valence-electron chi connectivity index (χ2n) is 6.21. The molecule has 0 amide bonds. The van der Waals surface area contributed by atoms with Gasteiger partial charge in [-0.3, -0.25) is 4.90 Å². The van der Waals surface area contributed by atoms with E-state index in [0.29, 0.717) is 12.3 Å². The fourth-order valence-electron chi connectivity index (χ4n) is 2.96. The first kappa shape index (κ1) is 17.6. The number of ether oxygens (including phenoxy) is 1. The molecule has 2 aromatic carbocycles. The van der Waals surface area contributed by atoms with Crippen molar-refractivity contribution in [3.63, 3.8) is 0 Å². The molecule has 1 atom stereocenters. The summed E-state index contributed by atoms with van der Waals surface area (Å²) in [4.78, 5) is 2.28. The summed E-state index contributed by atoms with van der Waals surface area (Å²) in [5.74, 6) is -0.879. The van der Waals surface area contributed by atoms with E-state index < -0.39 is 11.6 Å². The van der Waals surface area contributed by atoms with Crippen LogP contribution in [-0.2, 0) is 6.61 Å². The Bertz CT molecular complexity index is 694. The summed E-state index contributed by atoms with van der Waals surface area (Å²) in [6.07, 6.45) is 0.949. The summed E-state index contributed by atoms with van der Waals surface area (Å²) in [6, 6.07) is 11.5. The summed E-state index contributed by atoms with van der Waals surface area (Å²) in [5, 5.41) is 12.3. The van der Waals surface area contributed by atoms with Crippen molar-refractivity contribution >= 4 is 5.69 Å². The normalized spacial score (nSPS) is 17.6. The number of nitrogens with one attached hydrogen (secondary N) is 1. The van der Waals surface area contributed by atoms with Gasteiger partial charge in [0.15, 0.2) is 11.6 Å². The Morgan fingerprint density at radius 2 is 1.92 bits per heavy atom. The van der Waals surface area contributed by atoms with Crippen LogP contribution in [0.2, 0.25) is 0 Å². The molecule has 0 aromatic heterocycles. The molecule has 1 saturated heterocycles. The standard InChI is InChI=1S/C19H22F2N2O2/c20-18-6-3-15(11-19(18)21)22-16-7-8-23(12-16)9-10-25-17-4-1-14(13-24)2-5-17/h1-6,11,16,22,24H,7-10,12-13H2. The molecular weight excluding hydrogens is 326 g/mol. The van der Waals surface area contributed by atoms with Gasteiger partial charge < -0.3 is 15.2 Å². The molecule has 4 nitrogen and oxygen atoms in total. The third-order valence-electron chi connectivity index (χ3n) is 4.34. The fourth-order valence-corrected chi connectivity index (χ4v) is 2.96. The van der Waals surface area contributed by atoms with Crippen LogP contribution in [0.4, 0.5) is 14.5 Å². The van der Waals surface area contributed by atoms with Crippen molar-refractivity contribution in [2.75, 3.05) is 31.6 Å². The SMILES string of the molecule is OCc1ccc(OCCN2CCC(Nc3ccc(F)c(F)c3)C2)cc1. The van der Waals surface area contributed by atoms with Crippen LogP contribution in [0.5, 0.6) is 5.75 Å². The predicted molar refractivity (Wildman–Crippen MR) is 92.7 cm³/mol. The van der Waals surface area contributed by atoms with E-state index in [9.17, 15) is 8.78 Å². The van der Waals surface area contributed by atoms with E-state index in [1.165, 1.54) is 6.07 Å². The highest BCUT2D eigenvalue weighted by Gasteiger charge is 2.22. The highest BCUT2D eigenvalue weighted by molar-refractivity contribution is 5.44. The van der Waals surface area contributed by atoms with Crippen LogP contribution in [0.3, 0.4) is 0 Å². The fraction of sp³-hybridized carbons (Fsp3) is 0.368. The molecule has 6 heteroatoms. The second-order valence-corrected chi connectivity index (χ2v) is 6.21. The smallest absolute Gasteiger partial charge is 0.160 e. The molecule has 1 aliphatic rings. The lowest BCUT2D eigenvalue weighted by Gasteiger charge is -2.18. The summed E-state index contributed by atoms with van der Waals surface area (Å²) >= 11 is 0. The monoisotopic (exact) mass is 348 g/mol. The van der Waals surface area contributed by atoms with Gasteiger partial charge in [0.1, 0.15) is 12.4 Å². The molecule has 0 aliphatic carbocycles. The Labute approximate surface area is 146 Å². The highest BCUT2D eigenvalue weighted by atomic mass is 19.2. The zero-order chi connectivity index (χ0) is 17.6. The van der Waals surface area contributed by atoms with Gasteiger partial charge in [0.2, 0.25) is 0 Å². The Morgan fingerprint density at radius 1 is 1.12 bits per heavy atom. The van der Waals surface area contributed by atoms with Gasteiger partial charge in [-0.25, -0.2) is 8.78 Å². The summed E-state index contributed by atoms with van der Waals surface area (Å²) < 4.78 is 31.9. The largest absolute Gasteiger partial charge is 0.492 e. The van der Waals surface area contributed by atoms with Gasteiger partial charge in [-0.15, -0.1) is 0 Å². The Kier molecular flexibility index (Phi) is 5.83. The van der Waals surface area contributed by atoms with Crippen molar-refractivity contribution in [2.24, 2.45) is 0 Å². The number of halogens is 2. The number of aliphatic hydroxyl groups is 1. The molecule has 25 heavy (non-hydrogen) atoms. The number of anilines is 1.